The third kappa shape index (κ3) is 2.98. The SMILES string of the molecule is CN(Cc1ccccc1)C(=O)C1CNCc2ccccc21. The first-order valence-electron chi connectivity index (χ1n) is 7.33. The molecule has 0 aromatic heterocycles. The lowest BCUT2D eigenvalue weighted by atomic mass is 9.90. The van der Waals surface area contributed by atoms with Gasteiger partial charge in [-0.05, 0) is 16.7 Å². The fourth-order valence-electron chi connectivity index (χ4n) is 2.92. The van der Waals surface area contributed by atoms with Crippen molar-refractivity contribution in [2.45, 2.75) is 19.0 Å². The maximum Gasteiger partial charge on any atom is 0.231 e. The Balaban J connectivity index is 1.77. The van der Waals surface area contributed by atoms with Gasteiger partial charge < -0.3 is 10.2 Å². The van der Waals surface area contributed by atoms with Crippen LogP contribution in [0.3, 0.4) is 0 Å². The van der Waals surface area contributed by atoms with Crippen LogP contribution in [0.15, 0.2) is 54.6 Å². The van der Waals surface area contributed by atoms with E-state index in [4.69, 9.17) is 0 Å². The van der Waals surface area contributed by atoms with Crippen LogP contribution in [0, 0.1) is 0 Å². The molecule has 0 aliphatic carbocycles. The van der Waals surface area contributed by atoms with Crippen molar-refractivity contribution in [3.63, 3.8) is 0 Å². The van der Waals surface area contributed by atoms with Crippen LogP contribution in [-0.4, -0.2) is 24.4 Å². The number of rotatable bonds is 3. The van der Waals surface area contributed by atoms with Crippen LogP contribution < -0.4 is 5.32 Å². The van der Waals surface area contributed by atoms with Crippen LogP contribution in [0.2, 0.25) is 0 Å². The Labute approximate surface area is 125 Å². The van der Waals surface area contributed by atoms with E-state index in [1.54, 1.807) is 0 Å². The molecule has 0 fully saturated rings. The van der Waals surface area contributed by atoms with Crippen molar-refractivity contribution in [2.24, 2.45) is 0 Å². The van der Waals surface area contributed by atoms with E-state index in [1.165, 1.54) is 11.1 Å². The molecular formula is C18H20N2O. The summed E-state index contributed by atoms with van der Waals surface area (Å²) in [5, 5.41) is 3.34. The minimum absolute atomic E-state index is 0.0799. The van der Waals surface area contributed by atoms with Crippen LogP contribution in [0.25, 0.3) is 0 Å². The Bertz CT molecular complexity index is 624. The van der Waals surface area contributed by atoms with Gasteiger partial charge in [-0.3, -0.25) is 4.79 Å². The molecule has 2 aromatic rings. The number of likely N-dealkylation sites (N-methyl/N-ethyl adjacent to an activating group) is 1. The van der Waals surface area contributed by atoms with Gasteiger partial charge in [0, 0.05) is 26.7 Å². The third-order valence-electron chi connectivity index (χ3n) is 4.03. The van der Waals surface area contributed by atoms with Crippen molar-refractivity contribution in [2.75, 3.05) is 13.6 Å². The van der Waals surface area contributed by atoms with E-state index in [0.717, 1.165) is 18.7 Å². The van der Waals surface area contributed by atoms with Crippen LogP contribution in [0.1, 0.15) is 22.6 Å². The van der Waals surface area contributed by atoms with E-state index in [9.17, 15) is 4.79 Å². The van der Waals surface area contributed by atoms with Crippen LogP contribution in [-0.2, 0) is 17.9 Å². The molecule has 0 saturated carbocycles. The number of carbonyl (C=O) groups is 1. The largest absolute Gasteiger partial charge is 0.341 e. The highest BCUT2D eigenvalue weighted by Gasteiger charge is 2.28. The summed E-state index contributed by atoms with van der Waals surface area (Å²) in [6.07, 6.45) is 0. The van der Waals surface area contributed by atoms with Gasteiger partial charge in [0.15, 0.2) is 0 Å². The molecule has 1 aliphatic rings. The van der Waals surface area contributed by atoms with E-state index < -0.39 is 0 Å². The molecule has 1 N–H and O–H groups in total. The monoisotopic (exact) mass is 280 g/mol. The summed E-state index contributed by atoms with van der Waals surface area (Å²) in [6, 6.07) is 18.3. The van der Waals surface area contributed by atoms with Gasteiger partial charge in [0.2, 0.25) is 5.91 Å². The molecule has 1 unspecified atom stereocenters. The minimum Gasteiger partial charge on any atom is -0.341 e. The molecule has 1 atom stereocenters. The molecule has 0 bridgehead atoms. The Hall–Kier alpha value is -2.13. The predicted molar refractivity (Wildman–Crippen MR) is 83.8 cm³/mol. The van der Waals surface area contributed by atoms with Gasteiger partial charge in [0.05, 0.1) is 5.92 Å². The Morgan fingerprint density at radius 1 is 1.14 bits per heavy atom. The van der Waals surface area contributed by atoms with Crippen molar-refractivity contribution in [3.05, 3.63) is 71.3 Å². The molecule has 0 radical (unpaired) electrons. The summed E-state index contributed by atoms with van der Waals surface area (Å²) in [6.45, 7) is 2.22. The number of nitrogens with one attached hydrogen (secondary N) is 1. The van der Waals surface area contributed by atoms with E-state index in [1.807, 2.05) is 42.3 Å². The fourth-order valence-corrected chi connectivity index (χ4v) is 2.92. The van der Waals surface area contributed by atoms with Crippen molar-refractivity contribution in [1.29, 1.82) is 0 Å². The summed E-state index contributed by atoms with van der Waals surface area (Å²) in [5.74, 6) is 0.0992. The molecule has 0 saturated heterocycles. The topological polar surface area (TPSA) is 32.3 Å². The van der Waals surface area contributed by atoms with Crippen LogP contribution in [0.4, 0.5) is 0 Å². The summed E-state index contributed by atoms with van der Waals surface area (Å²) in [4.78, 5) is 14.6. The zero-order chi connectivity index (χ0) is 14.7. The lowest BCUT2D eigenvalue weighted by Crippen LogP contribution is -2.39. The number of amides is 1. The number of hydrogen-bond donors (Lipinski definition) is 1. The number of hydrogen-bond acceptors (Lipinski definition) is 2. The van der Waals surface area contributed by atoms with Gasteiger partial charge >= 0.3 is 0 Å². The number of carbonyl (C=O) groups excluding carboxylic acids is 1. The average Bonchev–Trinajstić information content (AvgIpc) is 2.54. The Kier molecular flexibility index (Phi) is 4.02. The molecule has 0 spiro atoms. The third-order valence-corrected chi connectivity index (χ3v) is 4.03. The molecule has 21 heavy (non-hydrogen) atoms. The van der Waals surface area contributed by atoms with E-state index in [2.05, 4.69) is 29.6 Å². The highest BCUT2D eigenvalue weighted by atomic mass is 16.2. The molecule has 3 nitrogen and oxygen atoms in total. The standard InChI is InChI=1S/C18H20N2O/c1-20(13-14-7-3-2-4-8-14)18(21)17-12-19-11-15-9-5-6-10-16(15)17/h2-10,17,19H,11-13H2,1H3. The molecule has 3 rings (SSSR count). The molecule has 3 heteroatoms. The normalized spacial score (nSPS) is 17.1. The lowest BCUT2D eigenvalue weighted by molar-refractivity contribution is -0.132. The minimum atomic E-state index is -0.0799. The first kappa shape index (κ1) is 13.8. The molecule has 108 valence electrons. The quantitative estimate of drug-likeness (QED) is 0.937. The first-order valence-corrected chi connectivity index (χ1v) is 7.33. The molecule has 1 aliphatic heterocycles. The van der Waals surface area contributed by atoms with Gasteiger partial charge in [0.1, 0.15) is 0 Å². The van der Waals surface area contributed by atoms with Gasteiger partial charge in [-0.15, -0.1) is 0 Å². The molecule has 2 aromatic carbocycles. The molecule has 1 heterocycles. The number of benzene rings is 2. The summed E-state index contributed by atoms with van der Waals surface area (Å²) in [5.41, 5.74) is 3.56. The van der Waals surface area contributed by atoms with Crippen LogP contribution in [0.5, 0.6) is 0 Å². The predicted octanol–water partition coefficient (Wildman–Crippen LogP) is 2.53. The Morgan fingerprint density at radius 3 is 2.67 bits per heavy atom. The van der Waals surface area contributed by atoms with Crippen molar-refractivity contribution < 1.29 is 4.79 Å². The highest BCUT2D eigenvalue weighted by Crippen LogP contribution is 2.25. The van der Waals surface area contributed by atoms with E-state index in [-0.39, 0.29) is 11.8 Å². The summed E-state index contributed by atoms with van der Waals surface area (Å²) in [7, 11) is 1.88. The molecule has 1 amide bonds. The van der Waals surface area contributed by atoms with Gasteiger partial charge in [-0.1, -0.05) is 54.6 Å². The van der Waals surface area contributed by atoms with Gasteiger partial charge in [-0.2, -0.15) is 0 Å². The number of fused-ring (bicyclic) bond motifs is 1. The van der Waals surface area contributed by atoms with E-state index in [0.29, 0.717) is 6.54 Å². The smallest absolute Gasteiger partial charge is 0.231 e. The average molecular weight is 280 g/mol. The summed E-state index contributed by atoms with van der Waals surface area (Å²) < 4.78 is 0. The highest BCUT2D eigenvalue weighted by molar-refractivity contribution is 5.84. The zero-order valence-corrected chi connectivity index (χ0v) is 12.3. The maximum atomic E-state index is 12.8. The fraction of sp³-hybridized carbons (Fsp3) is 0.278. The maximum absolute atomic E-state index is 12.8. The van der Waals surface area contributed by atoms with Crippen molar-refractivity contribution in [1.82, 2.24) is 10.2 Å². The van der Waals surface area contributed by atoms with Crippen LogP contribution >= 0.6 is 0 Å². The lowest BCUT2D eigenvalue weighted by Gasteiger charge is -2.29. The zero-order valence-electron chi connectivity index (χ0n) is 12.3. The second kappa shape index (κ2) is 6.10. The van der Waals surface area contributed by atoms with Gasteiger partial charge in [-0.25, -0.2) is 0 Å². The van der Waals surface area contributed by atoms with Crippen molar-refractivity contribution >= 4 is 5.91 Å². The Morgan fingerprint density at radius 2 is 1.86 bits per heavy atom. The second-order valence-corrected chi connectivity index (χ2v) is 5.56. The molecular weight excluding hydrogens is 260 g/mol. The van der Waals surface area contributed by atoms with Gasteiger partial charge in [0.25, 0.3) is 0 Å². The second-order valence-electron chi connectivity index (χ2n) is 5.56. The number of nitrogens with zero attached hydrogens (tertiary/aromatic N) is 1. The first-order chi connectivity index (χ1) is 10.3. The van der Waals surface area contributed by atoms with Crippen molar-refractivity contribution in [3.8, 4) is 0 Å². The van der Waals surface area contributed by atoms with E-state index >= 15 is 0 Å². The summed E-state index contributed by atoms with van der Waals surface area (Å²) >= 11 is 0.